The fraction of sp³-hybridized carbons (Fsp3) is 0.456. The van der Waals surface area contributed by atoms with Crippen LogP contribution in [0.2, 0.25) is 15.1 Å². The van der Waals surface area contributed by atoms with Crippen molar-refractivity contribution in [1.82, 2.24) is 59.8 Å². The molecule has 10 heterocycles. The van der Waals surface area contributed by atoms with Gasteiger partial charge in [0.15, 0.2) is 34.9 Å². The standard InChI is InChI=1S/C21H20ClFN4O2.2C20H18ClFN4O2.C5H10O.CH4.CH3.Pd/c1-29-21(28)18-11-3-2-10(4-11)13(18)6-17-16(23)9-26-20(27-17)15-8-25-19-14(15)5-12(22)7-24-19;2*21-11-4-13-14(7-24-18(13)23-6-11)19-25-8-15(22)16(26-19)5-12-9-1-2-10(3-9)17(12)20(27)28;1-5-3-2-4-6-5;;;/h5,7-11,13,18H,2-4,6H2,1H3,(H,24,25);2*4,6-10,12,17H,1-3,5H2,(H,23,24)(H,27,28);5H,2-4H2,1H3;1H4;1H3;/q;;;;;-1;/t10?,11?,13?,18-;9-,10?,12?,17+;9-,10?,12?,17-;;;;/m000..../s1. The van der Waals surface area contributed by atoms with Crippen LogP contribution in [-0.4, -0.2) is 108 Å². The number of pyridine rings is 3. The Morgan fingerprint density at radius 2 is 0.862 bits per heavy atom. The second-order valence-corrected chi connectivity index (χ2v) is 26.7. The number of methoxy groups -OCH3 is 1. The van der Waals surface area contributed by atoms with Crippen molar-refractivity contribution in [2.24, 2.45) is 71.0 Å². The van der Waals surface area contributed by atoms with Crippen LogP contribution < -0.4 is 0 Å². The molecule has 9 aromatic heterocycles. The Hall–Kier alpha value is -7.00. The van der Waals surface area contributed by atoms with Crippen molar-refractivity contribution in [3.05, 3.63) is 131 Å². The van der Waals surface area contributed by atoms with Gasteiger partial charge in [0.05, 0.1) is 81.7 Å². The minimum absolute atomic E-state index is 0. The molecule has 7 aliphatic rings. The quantitative estimate of drug-likeness (QED) is 0.0432. The summed E-state index contributed by atoms with van der Waals surface area (Å²) >= 11 is 18.2. The summed E-state index contributed by atoms with van der Waals surface area (Å²) in [7, 11) is 1.42. The molecule has 6 bridgehead atoms. The number of hydrogen-bond donors (Lipinski definition) is 5. The van der Waals surface area contributed by atoms with E-state index in [2.05, 4.69) is 66.7 Å². The van der Waals surface area contributed by atoms with Crippen LogP contribution in [0.1, 0.15) is 102 Å². The molecule has 16 rings (SSSR count). The Balaban J connectivity index is 0.000000145. The number of carboxylic acid groups (broad SMARTS) is 2. The van der Waals surface area contributed by atoms with E-state index in [0.717, 1.165) is 92.9 Å². The van der Waals surface area contributed by atoms with Gasteiger partial charge in [0.2, 0.25) is 0 Å². The van der Waals surface area contributed by atoms with E-state index in [1.807, 2.05) is 0 Å². The molecule has 0 spiro atoms. The van der Waals surface area contributed by atoms with Crippen LogP contribution in [0.4, 0.5) is 13.2 Å². The summed E-state index contributed by atoms with van der Waals surface area (Å²) in [4.78, 5) is 83.7. The summed E-state index contributed by atoms with van der Waals surface area (Å²) in [5.74, 6) is -1.26. The number of ether oxygens (including phenoxy) is 2. The molecule has 9 aromatic rings. The number of nitrogens with zero attached hydrogens (tertiary/aromatic N) is 9. The first kappa shape index (κ1) is 69.8. The third kappa shape index (κ3) is 14.1. The number of esters is 1. The normalized spacial score (nSPS) is 25.7. The molecule has 8 unspecified atom stereocenters. The van der Waals surface area contributed by atoms with Gasteiger partial charge in [-0.1, -0.05) is 42.2 Å². The van der Waals surface area contributed by atoms with Crippen LogP contribution in [0.3, 0.4) is 0 Å². The van der Waals surface area contributed by atoms with Crippen molar-refractivity contribution in [2.75, 3.05) is 13.7 Å². The molecular weight excluding hydrogens is 1370 g/mol. The van der Waals surface area contributed by atoms with E-state index >= 15 is 0 Å². The molecule has 500 valence electrons. The van der Waals surface area contributed by atoms with E-state index in [1.165, 1.54) is 26.1 Å². The molecule has 1 aliphatic heterocycles. The fourth-order valence-corrected chi connectivity index (χ4v) is 16.8. The van der Waals surface area contributed by atoms with Gasteiger partial charge in [-0.3, -0.25) is 14.4 Å². The smallest absolute Gasteiger partial charge is 0.309 e. The van der Waals surface area contributed by atoms with E-state index in [9.17, 15) is 37.8 Å². The van der Waals surface area contributed by atoms with E-state index < -0.39 is 41.2 Å². The summed E-state index contributed by atoms with van der Waals surface area (Å²) in [6, 6.07) is 5.31. The average Bonchev–Trinajstić information content (AvgIpc) is 1.61. The van der Waals surface area contributed by atoms with E-state index in [4.69, 9.17) is 44.3 Å². The van der Waals surface area contributed by atoms with Gasteiger partial charge in [0.1, 0.15) is 16.9 Å². The maximum absolute atomic E-state index is 14.6. The predicted molar refractivity (Wildman–Crippen MR) is 346 cm³/mol. The topological polar surface area (TPSA) is 274 Å². The fourth-order valence-electron chi connectivity index (χ4n) is 16.3. The van der Waals surface area contributed by atoms with Gasteiger partial charge in [-0.25, -0.2) is 58.0 Å². The zero-order valence-electron chi connectivity index (χ0n) is 51.1. The first-order valence-corrected chi connectivity index (χ1v) is 32.2. The van der Waals surface area contributed by atoms with Gasteiger partial charge in [-0.2, -0.15) is 0 Å². The molecule has 5 N–H and O–H groups in total. The van der Waals surface area contributed by atoms with Crippen molar-refractivity contribution in [2.45, 2.75) is 110 Å². The van der Waals surface area contributed by atoms with Crippen molar-refractivity contribution >= 4 is 85.8 Å². The second kappa shape index (κ2) is 29.6. The number of H-pyrrole nitrogens is 3. The maximum Gasteiger partial charge on any atom is 0.309 e. The van der Waals surface area contributed by atoms with Crippen molar-refractivity contribution in [1.29, 1.82) is 0 Å². The molecule has 6 saturated carbocycles. The Labute approximate surface area is 570 Å². The van der Waals surface area contributed by atoms with E-state index in [0.29, 0.717) is 121 Å². The monoisotopic (exact) mass is 1440 g/mol. The molecule has 0 radical (unpaired) electrons. The van der Waals surface area contributed by atoms with Crippen LogP contribution in [0.5, 0.6) is 0 Å². The molecule has 19 nitrogen and oxygen atoms in total. The molecule has 0 amide bonds. The largest absolute Gasteiger partial charge is 0.481 e. The Morgan fingerprint density at radius 1 is 0.532 bits per heavy atom. The number of aliphatic carboxylic acids is 2. The van der Waals surface area contributed by atoms with Gasteiger partial charge in [-0.05, 0) is 168 Å². The summed E-state index contributed by atoms with van der Waals surface area (Å²) in [5, 5.41) is 23.1. The van der Waals surface area contributed by atoms with Crippen LogP contribution in [0.25, 0.3) is 67.3 Å². The Morgan fingerprint density at radius 3 is 1.16 bits per heavy atom. The van der Waals surface area contributed by atoms with Crippen LogP contribution in [-0.2, 0) is 63.5 Å². The number of carboxylic acids is 2. The zero-order chi connectivity index (χ0) is 63.4. The number of halogens is 6. The van der Waals surface area contributed by atoms with Gasteiger partial charge >= 0.3 is 17.9 Å². The SMILES string of the molecule is C.CC1CCCO1.COC(=O)[C@H]1C2CCC(C2)C1Cc1nc(-c2c[nH]c3ncc(Cl)cc23)ncc1F.O=C(O)[C@@H]1C2CC[C@@H](C2)C1Cc1nc(-c2c[nH]c3ncc(Cl)cc23)ncc1F.O=C(O)[C@H]1C2CC[C@@H](C2)C1Cc1nc(-c2c[nH]c3ncc(Cl)cc23)ncc1F.[CH3-].[Pd]. The van der Waals surface area contributed by atoms with Crippen LogP contribution in [0.15, 0.2) is 74.0 Å². The molecule has 26 heteroatoms. The first-order valence-electron chi connectivity index (χ1n) is 31.0. The van der Waals surface area contributed by atoms with Gasteiger partial charge < -0.3 is 42.1 Å². The number of carbonyl (C=O) groups is 3. The number of fused-ring (bicyclic) bond motifs is 9. The summed E-state index contributed by atoms with van der Waals surface area (Å²) in [6.45, 7) is 3.11. The number of nitrogens with one attached hydrogen (secondary N) is 3. The van der Waals surface area contributed by atoms with Gasteiger partial charge in [0, 0.05) is 97.1 Å². The number of carbonyl (C=O) groups excluding carboxylic acids is 1. The minimum atomic E-state index is -0.774. The number of aromatic nitrogens is 12. The van der Waals surface area contributed by atoms with Crippen LogP contribution in [0, 0.1) is 95.9 Å². The maximum atomic E-state index is 14.6. The van der Waals surface area contributed by atoms with Gasteiger partial charge in [0.25, 0.3) is 0 Å². The molecule has 13 atom stereocenters. The van der Waals surface area contributed by atoms with Crippen molar-refractivity contribution in [3.63, 3.8) is 0 Å². The Kier molecular flexibility index (Phi) is 22.0. The number of rotatable bonds is 12. The van der Waals surface area contributed by atoms with Crippen LogP contribution >= 0.6 is 34.8 Å². The van der Waals surface area contributed by atoms with Gasteiger partial charge in [-0.15, -0.1) is 0 Å². The summed E-state index contributed by atoms with van der Waals surface area (Å²) < 4.78 is 53.8. The molecule has 94 heavy (non-hydrogen) atoms. The third-order valence-corrected chi connectivity index (χ3v) is 21.0. The predicted octanol–water partition coefficient (Wildman–Crippen LogP) is 14.7. The zero-order valence-corrected chi connectivity index (χ0v) is 54.9. The van der Waals surface area contributed by atoms with E-state index in [-0.39, 0.29) is 88.1 Å². The Bertz CT molecular complexity index is 4060. The number of aromatic amines is 3. The van der Waals surface area contributed by atoms with E-state index in [1.54, 1.807) is 55.4 Å². The molecule has 7 fully saturated rings. The minimum Gasteiger partial charge on any atom is -0.481 e. The molecule has 0 aromatic carbocycles. The molecular formula is C68H73Cl3F3N12O7Pd-. The second-order valence-electron chi connectivity index (χ2n) is 25.4. The number of hydrogen-bond acceptors (Lipinski definition) is 14. The average molecular weight is 1440 g/mol. The van der Waals surface area contributed by atoms with Crippen molar-refractivity contribution in [3.8, 4) is 34.2 Å². The molecule has 1 saturated heterocycles. The first-order chi connectivity index (χ1) is 44.0. The van der Waals surface area contributed by atoms with Crippen molar-refractivity contribution < 1.29 is 67.7 Å². The molecule has 6 aliphatic carbocycles. The third-order valence-electron chi connectivity index (χ3n) is 20.4. The summed E-state index contributed by atoms with van der Waals surface area (Å²) in [6.07, 6.45) is 26.4. The summed E-state index contributed by atoms with van der Waals surface area (Å²) in [5.41, 5.74) is 4.94.